The van der Waals surface area contributed by atoms with E-state index in [1.807, 2.05) is 0 Å². The lowest BCUT2D eigenvalue weighted by molar-refractivity contribution is -0.117. The fourth-order valence-corrected chi connectivity index (χ4v) is 2.22. The van der Waals surface area contributed by atoms with Gasteiger partial charge in [-0.2, -0.15) is 0 Å². The molecule has 3 heteroatoms. The maximum Gasteiger partial charge on any atom is 0.220 e. The lowest BCUT2D eigenvalue weighted by Crippen LogP contribution is -2.47. The van der Waals surface area contributed by atoms with Gasteiger partial charge in [0.05, 0.1) is 0 Å². The number of amides is 1. The van der Waals surface area contributed by atoms with Crippen LogP contribution in [0.25, 0.3) is 0 Å². The molecule has 1 aliphatic rings. The van der Waals surface area contributed by atoms with E-state index >= 15 is 0 Å². The Morgan fingerprint density at radius 1 is 1.13 bits per heavy atom. The Hall–Kier alpha value is -0.570. The zero-order valence-corrected chi connectivity index (χ0v) is 10.1. The van der Waals surface area contributed by atoms with Crippen LogP contribution in [-0.4, -0.2) is 23.5 Å². The quantitative estimate of drug-likeness (QED) is 0.729. The van der Waals surface area contributed by atoms with Crippen molar-refractivity contribution < 1.29 is 4.79 Å². The van der Waals surface area contributed by atoms with Gasteiger partial charge in [-0.15, -0.1) is 0 Å². The number of nitrogens with one attached hydrogen (secondary N) is 2. The number of carbonyl (C=O) groups excluding carboxylic acids is 1. The van der Waals surface area contributed by atoms with Gasteiger partial charge in [-0.3, -0.25) is 4.79 Å². The number of hydrogen-bond donors (Lipinski definition) is 2. The summed E-state index contributed by atoms with van der Waals surface area (Å²) in [6.07, 6.45) is 4.41. The highest BCUT2D eigenvalue weighted by Gasteiger charge is 2.24. The zero-order valence-electron chi connectivity index (χ0n) is 10.1. The third-order valence-electron chi connectivity index (χ3n) is 2.73. The van der Waals surface area contributed by atoms with Crippen molar-refractivity contribution in [3.63, 3.8) is 0 Å². The number of rotatable bonds is 2. The Morgan fingerprint density at radius 3 is 2.00 bits per heavy atom. The van der Waals surface area contributed by atoms with Crippen LogP contribution in [0, 0.1) is 6.92 Å². The summed E-state index contributed by atoms with van der Waals surface area (Å²) in [6.45, 7) is 9.92. The molecule has 1 radical (unpaired) electrons. The average molecular weight is 211 g/mol. The zero-order chi connectivity index (χ0) is 11.5. The molecule has 1 saturated carbocycles. The number of carbonyl (C=O) groups is 1. The second-order valence-corrected chi connectivity index (χ2v) is 5.51. The first-order chi connectivity index (χ1) is 6.87. The molecule has 1 rings (SSSR count). The Morgan fingerprint density at radius 2 is 1.60 bits per heavy atom. The first-order valence-corrected chi connectivity index (χ1v) is 5.77. The molecule has 15 heavy (non-hydrogen) atoms. The van der Waals surface area contributed by atoms with Crippen molar-refractivity contribution in [1.29, 1.82) is 0 Å². The summed E-state index contributed by atoms with van der Waals surface area (Å²) in [5.41, 5.74) is 0.188. The Balaban J connectivity index is 2.27. The molecule has 0 aromatic rings. The van der Waals surface area contributed by atoms with E-state index in [1.54, 1.807) is 0 Å². The molecule has 0 aromatic carbocycles. The second-order valence-electron chi connectivity index (χ2n) is 5.51. The van der Waals surface area contributed by atoms with Gasteiger partial charge in [0.25, 0.3) is 0 Å². The van der Waals surface area contributed by atoms with Gasteiger partial charge in [0.1, 0.15) is 0 Å². The van der Waals surface area contributed by atoms with E-state index in [0.717, 1.165) is 25.7 Å². The van der Waals surface area contributed by atoms with Gasteiger partial charge in [-0.05, 0) is 46.5 Å². The Kier molecular flexibility index (Phi) is 4.14. The van der Waals surface area contributed by atoms with Gasteiger partial charge in [-0.25, -0.2) is 0 Å². The van der Waals surface area contributed by atoms with Crippen LogP contribution in [0.15, 0.2) is 0 Å². The molecule has 2 N–H and O–H groups in total. The van der Waals surface area contributed by atoms with Crippen molar-refractivity contribution in [2.75, 3.05) is 0 Å². The Bertz CT molecular complexity index is 212. The predicted molar refractivity (Wildman–Crippen MR) is 62.4 cm³/mol. The summed E-state index contributed by atoms with van der Waals surface area (Å²) in [5, 5.41) is 6.49. The summed E-state index contributed by atoms with van der Waals surface area (Å²) in [7, 11) is 0. The summed E-state index contributed by atoms with van der Waals surface area (Å²) < 4.78 is 0. The molecule has 0 heterocycles. The molecule has 0 atom stereocenters. The predicted octanol–water partition coefficient (Wildman–Crippen LogP) is 1.64. The SMILES string of the molecule is [CH2]C(=O)NC1CCC(NC(C)(C)C)CC1. The molecular weight excluding hydrogens is 188 g/mol. The maximum absolute atomic E-state index is 10.8. The monoisotopic (exact) mass is 211 g/mol. The highest BCUT2D eigenvalue weighted by Crippen LogP contribution is 2.20. The third-order valence-corrected chi connectivity index (χ3v) is 2.73. The molecule has 0 saturated heterocycles. The number of hydrogen-bond acceptors (Lipinski definition) is 2. The van der Waals surface area contributed by atoms with Gasteiger partial charge >= 0.3 is 0 Å². The van der Waals surface area contributed by atoms with Crippen LogP contribution < -0.4 is 10.6 Å². The van der Waals surface area contributed by atoms with Crippen LogP contribution >= 0.6 is 0 Å². The minimum absolute atomic E-state index is 0.151. The van der Waals surface area contributed by atoms with Crippen molar-refractivity contribution >= 4 is 5.91 Å². The largest absolute Gasteiger partial charge is 0.353 e. The minimum Gasteiger partial charge on any atom is -0.353 e. The van der Waals surface area contributed by atoms with Gasteiger partial charge in [0.15, 0.2) is 0 Å². The van der Waals surface area contributed by atoms with Crippen LogP contribution in [0.5, 0.6) is 0 Å². The van der Waals surface area contributed by atoms with E-state index in [4.69, 9.17) is 0 Å². The highest BCUT2D eigenvalue weighted by atomic mass is 16.1. The molecule has 0 aromatic heterocycles. The first-order valence-electron chi connectivity index (χ1n) is 5.77. The summed E-state index contributed by atoms with van der Waals surface area (Å²) in [6, 6.07) is 0.941. The van der Waals surface area contributed by atoms with Crippen molar-refractivity contribution in [2.45, 2.75) is 64.1 Å². The summed E-state index contributed by atoms with van der Waals surface area (Å²) in [5.74, 6) is -0.151. The topological polar surface area (TPSA) is 41.1 Å². The molecule has 0 aliphatic heterocycles. The van der Waals surface area contributed by atoms with Gasteiger partial charge in [0.2, 0.25) is 5.91 Å². The molecule has 87 valence electrons. The van der Waals surface area contributed by atoms with Crippen LogP contribution in [0.4, 0.5) is 0 Å². The van der Waals surface area contributed by atoms with Crippen molar-refractivity contribution in [2.24, 2.45) is 0 Å². The summed E-state index contributed by atoms with van der Waals surface area (Å²) in [4.78, 5) is 10.8. The normalized spacial score (nSPS) is 27.5. The summed E-state index contributed by atoms with van der Waals surface area (Å²) >= 11 is 0. The highest BCUT2D eigenvalue weighted by molar-refractivity contribution is 5.80. The molecule has 0 unspecified atom stereocenters. The van der Waals surface area contributed by atoms with Gasteiger partial charge < -0.3 is 10.6 Å². The van der Waals surface area contributed by atoms with E-state index in [1.165, 1.54) is 0 Å². The molecule has 0 spiro atoms. The molecule has 1 aliphatic carbocycles. The van der Waals surface area contributed by atoms with E-state index in [-0.39, 0.29) is 11.4 Å². The minimum atomic E-state index is -0.151. The van der Waals surface area contributed by atoms with Crippen LogP contribution in [-0.2, 0) is 4.79 Å². The average Bonchev–Trinajstić information content (AvgIpc) is 2.05. The standard InChI is InChI=1S/C12H23N2O/c1-9(15)13-10-5-7-11(8-6-10)14-12(2,3)4/h10-11,14H,1,5-8H2,2-4H3,(H,13,15). The van der Waals surface area contributed by atoms with E-state index in [0.29, 0.717) is 12.1 Å². The second kappa shape index (κ2) is 4.97. The van der Waals surface area contributed by atoms with Gasteiger partial charge in [0, 0.05) is 24.5 Å². The van der Waals surface area contributed by atoms with E-state index < -0.39 is 0 Å². The van der Waals surface area contributed by atoms with E-state index in [9.17, 15) is 4.79 Å². The first kappa shape index (κ1) is 12.5. The van der Waals surface area contributed by atoms with Gasteiger partial charge in [-0.1, -0.05) is 0 Å². The molecule has 1 fully saturated rings. The lowest BCUT2D eigenvalue weighted by Gasteiger charge is -2.34. The molecule has 3 nitrogen and oxygen atoms in total. The molecule has 0 bridgehead atoms. The molecular formula is C12H23N2O. The van der Waals surface area contributed by atoms with Crippen molar-refractivity contribution in [1.82, 2.24) is 10.6 Å². The lowest BCUT2D eigenvalue weighted by atomic mass is 9.89. The molecule has 1 amide bonds. The van der Waals surface area contributed by atoms with Crippen molar-refractivity contribution in [3.05, 3.63) is 6.92 Å². The van der Waals surface area contributed by atoms with Crippen LogP contribution in [0.1, 0.15) is 46.5 Å². The maximum atomic E-state index is 10.8. The Labute approximate surface area is 93.0 Å². The third kappa shape index (κ3) is 5.17. The van der Waals surface area contributed by atoms with Crippen LogP contribution in [0.3, 0.4) is 0 Å². The van der Waals surface area contributed by atoms with Crippen molar-refractivity contribution in [3.8, 4) is 0 Å². The fraction of sp³-hybridized carbons (Fsp3) is 0.833. The van der Waals surface area contributed by atoms with E-state index in [2.05, 4.69) is 38.3 Å². The fourth-order valence-electron chi connectivity index (χ4n) is 2.22. The van der Waals surface area contributed by atoms with Crippen LogP contribution in [0.2, 0.25) is 0 Å². The smallest absolute Gasteiger partial charge is 0.220 e.